The summed E-state index contributed by atoms with van der Waals surface area (Å²) >= 11 is 3.35. The van der Waals surface area contributed by atoms with Crippen LogP contribution in [0, 0.1) is 0 Å². The topological polar surface area (TPSA) is 29.1 Å². The molecule has 6 heteroatoms. The zero-order valence-corrected chi connectivity index (χ0v) is 13.6. The van der Waals surface area contributed by atoms with Crippen LogP contribution >= 0.6 is 15.9 Å². The number of benzene rings is 1. The van der Waals surface area contributed by atoms with Gasteiger partial charge in [0.2, 0.25) is 5.91 Å². The van der Waals surface area contributed by atoms with Gasteiger partial charge in [0.05, 0.1) is 12.0 Å². The molecule has 1 aromatic rings. The lowest BCUT2D eigenvalue weighted by atomic mass is 9.95. The summed E-state index contributed by atoms with van der Waals surface area (Å²) in [4.78, 5) is 12.0. The van der Waals surface area contributed by atoms with Crippen LogP contribution < -0.4 is 5.32 Å². The van der Waals surface area contributed by atoms with Gasteiger partial charge in [-0.2, -0.15) is 13.2 Å². The first kappa shape index (κ1) is 18.0. The summed E-state index contributed by atoms with van der Waals surface area (Å²) in [6, 6.07) is 4.69. The highest BCUT2D eigenvalue weighted by atomic mass is 79.9. The smallest absolute Gasteiger partial charge is 0.351 e. The Bertz CT molecular complexity index is 473. The summed E-state index contributed by atoms with van der Waals surface area (Å²) in [5.41, 5.74) is -0.436. The molecule has 1 N–H and O–H groups in total. The monoisotopic (exact) mass is 365 g/mol. The van der Waals surface area contributed by atoms with E-state index < -0.39 is 11.7 Å². The number of amides is 1. The molecule has 118 valence electrons. The molecule has 0 saturated carbocycles. The normalized spacial score (nSPS) is 14.6. The average Bonchev–Trinajstić information content (AvgIpc) is 2.38. The van der Waals surface area contributed by atoms with Crippen molar-refractivity contribution in [1.29, 1.82) is 0 Å². The first-order valence-electron chi connectivity index (χ1n) is 6.73. The molecule has 21 heavy (non-hydrogen) atoms. The number of hydrogen-bond donors (Lipinski definition) is 1. The molecule has 0 radical (unpaired) electrons. The fourth-order valence-corrected chi connectivity index (χ4v) is 2.79. The van der Waals surface area contributed by atoms with Gasteiger partial charge in [0.15, 0.2) is 0 Å². The van der Waals surface area contributed by atoms with Gasteiger partial charge in [0.1, 0.15) is 0 Å². The molecule has 0 spiro atoms. The van der Waals surface area contributed by atoms with Crippen molar-refractivity contribution in [1.82, 2.24) is 5.32 Å². The number of halogens is 4. The predicted molar refractivity (Wildman–Crippen MR) is 80.4 cm³/mol. The van der Waals surface area contributed by atoms with E-state index in [-0.39, 0.29) is 17.9 Å². The van der Waals surface area contributed by atoms with Gasteiger partial charge in [0, 0.05) is 10.9 Å². The second-order valence-corrected chi connectivity index (χ2v) is 6.07. The van der Waals surface area contributed by atoms with E-state index >= 15 is 0 Å². The third-order valence-corrected chi connectivity index (χ3v) is 3.91. The predicted octanol–water partition coefficient (Wildman–Crippen LogP) is 4.32. The van der Waals surface area contributed by atoms with Gasteiger partial charge in [-0.1, -0.05) is 35.0 Å². The summed E-state index contributed by atoms with van der Waals surface area (Å²) in [5.74, 6) is -0.181. The van der Waals surface area contributed by atoms with Gasteiger partial charge in [-0.25, -0.2) is 0 Å². The number of rotatable bonds is 6. The summed E-state index contributed by atoms with van der Waals surface area (Å²) < 4.78 is 37.4. The zero-order chi connectivity index (χ0) is 16.1. The van der Waals surface area contributed by atoms with E-state index in [9.17, 15) is 18.0 Å². The maximum Gasteiger partial charge on any atom is 0.416 e. The molecule has 1 atom stereocenters. The second-order valence-electron chi connectivity index (χ2n) is 5.27. The van der Waals surface area contributed by atoms with E-state index in [4.69, 9.17) is 0 Å². The highest BCUT2D eigenvalue weighted by Gasteiger charge is 2.30. The van der Waals surface area contributed by atoms with Crippen molar-refractivity contribution in [2.24, 2.45) is 0 Å². The molecular formula is C15H19BrF3NO. The van der Waals surface area contributed by atoms with Crippen molar-refractivity contribution < 1.29 is 18.0 Å². The lowest BCUT2D eigenvalue weighted by Gasteiger charge is -2.29. The van der Waals surface area contributed by atoms with Crippen LogP contribution in [-0.4, -0.2) is 16.8 Å². The number of carbonyl (C=O) groups excluding carboxylic acids is 1. The highest BCUT2D eigenvalue weighted by Crippen LogP contribution is 2.29. The Morgan fingerprint density at radius 1 is 1.24 bits per heavy atom. The Labute approximate surface area is 131 Å². The molecule has 0 aliphatic carbocycles. The van der Waals surface area contributed by atoms with Crippen LogP contribution in [0.3, 0.4) is 0 Å². The van der Waals surface area contributed by atoms with Gasteiger partial charge < -0.3 is 5.32 Å². The van der Waals surface area contributed by atoms with Gasteiger partial charge in [-0.3, -0.25) is 4.79 Å². The standard InChI is InChI=1S/C15H19BrF3NO/c1-3-14(2,8-9-16)20-13(21)10-11-4-6-12(7-5-11)15(17,18)19/h4-7H,3,8-10H2,1-2H3,(H,20,21). The molecule has 0 heterocycles. The van der Waals surface area contributed by atoms with Crippen LogP contribution in [0.2, 0.25) is 0 Å². The van der Waals surface area contributed by atoms with Crippen molar-refractivity contribution in [3.63, 3.8) is 0 Å². The van der Waals surface area contributed by atoms with Crippen LogP contribution in [0.1, 0.15) is 37.8 Å². The first-order valence-corrected chi connectivity index (χ1v) is 7.85. The minimum Gasteiger partial charge on any atom is -0.351 e. The average molecular weight is 366 g/mol. The Hall–Kier alpha value is -1.04. The molecule has 0 saturated heterocycles. The lowest BCUT2D eigenvalue weighted by molar-refractivity contribution is -0.137. The number of hydrogen-bond acceptors (Lipinski definition) is 1. The molecule has 0 bridgehead atoms. The van der Waals surface area contributed by atoms with Gasteiger partial charge >= 0.3 is 6.18 Å². The van der Waals surface area contributed by atoms with Gasteiger partial charge in [0.25, 0.3) is 0 Å². The van der Waals surface area contributed by atoms with Crippen molar-refractivity contribution in [3.8, 4) is 0 Å². The van der Waals surface area contributed by atoms with Crippen molar-refractivity contribution in [2.75, 3.05) is 5.33 Å². The lowest BCUT2D eigenvalue weighted by Crippen LogP contribution is -2.46. The highest BCUT2D eigenvalue weighted by molar-refractivity contribution is 9.09. The van der Waals surface area contributed by atoms with E-state index in [1.807, 2.05) is 13.8 Å². The van der Waals surface area contributed by atoms with Gasteiger partial charge in [-0.05, 0) is 37.5 Å². The fourth-order valence-electron chi connectivity index (χ4n) is 1.91. The van der Waals surface area contributed by atoms with Crippen LogP contribution in [0.4, 0.5) is 13.2 Å². The zero-order valence-electron chi connectivity index (χ0n) is 12.1. The van der Waals surface area contributed by atoms with Crippen LogP contribution in [0.15, 0.2) is 24.3 Å². The molecule has 1 aromatic carbocycles. The van der Waals surface area contributed by atoms with E-state index in [1.165, 1.54) is 12.1 Å². The number of alkyl halides is 4. The summed E-state index contributed by atoms with van der Waals surface area (Å²) in [5, 5.41) is 3.72. The molecule has 0 aliphatic heterocycles. The molecular weight excluding hydrogens is 347 g/mol. The fraction of sp³-hybridized carbons (Fsp3) is 0.533. The SMILES string of the molecule is CCC(C)(CCBr)NC(=O)Cc1ccc(C(F)(F)F)cc1. The molecule has 1 unspecified atom stereocenters. The molecule has 2 nitrogen and oxygen atoms in total. The third-order valence-electron chi connectivity index (χ3n) is 3.51. The number of carbonyl (C=O) groups is 1. The molecule has 0 fully saturated rings. The minimum absolute atomic E-state index is 0.0794. The van der Waals surface area contributed by atoms with Crippen LogP contribution in [-0.2, 0) is 17.4 Å². The van der Waals surface area contributed by atoms with E-state index in [0.29, 0.717) is 5.56 Å². The molecule has 1 amide bonds. The third kappa shape index (κ3) is 5.69. The van der Waals surface area contributed by atoms with E-state index in [1.54, 1.807) is 0 Å². The van der Waals surface area contributed by atoms with Crippen molar-refractivity contribution in [3.05, 3.63) is 35.4 Å². The summed E-state index contributed by atoms with van der Waals surface area (Å²) in [6.45, 7) is 3.94. The Morgan fingerprint density at radius 3 is 2.24 bits per heavy atom. The van der Waals surface area contributed by atoms with Crippen LogP contribution in [0.25, 0.3) is 0 Å². The number of nitrogens with one attached hydrogen (secondary N) is 1. The largest absolute Gasteiger partial charge is 0.416 e. The van der Waals surface area contributed by atoms with Crippen molar-refractivity contribution in [2.45, 2.75) is 44.8 Å². The quantitative estimate of drug-likeness (QED) is 0.747. The molecule has 0 aliphatic rings. The molecule has 0 aromatic heterocycles. The second kappa shape index (κ2) is 7.29. The van der Waals surface area contributed by atoms with Crippen molar-refractivity contribution >= 4 is 21.8 Å². The first-order chi connectivity index (χ1) is 9.70. The maximum atomic E-state index is 12.5. The maximum absolute atomic E-state index is 12.5. The Balaban J connectivity index is 2.67. The van der Waals surface area contributed by atoms with E-state index in [2.05, 4.69) is 21.2 Å². The van der Waals surface area contributed by atoms with Crippen LogP contribution in [0.5, 0.6) is 0 Å². The van der Waals surface area contributed by atoms with Gasteiger partial charge in [-0.15, -0.1) is 0 Å². The Morgan fingerprint density at radius 2 is 1.81 bits per heavy atom. The van der Waals surface area contributed by atoms with E-state index in [0.717, 1.165) is 30.3 Å². The minimum atomic E-state index is -4.35. The molecule has 1 rings (SSSR count). The Kier molecular flexibility index (Phi) is 6.25. The summed E-state index contributed by atoms with van der Waals surface area (Å²) in [6.07, 6.45) is -2.69. The summed E-state index contributed by atoms with van der Waals surface area (Å²) in [7, 11) is 0.